The molecule has 29 heavy (non-hydrogen) atoms. The summed E-state index contributed by atoms with van der Waals surface area (Å²) in [6.07, 6.45) is 1.87. The molecule has 1 N–H and O–H groups in total. The van der Waals surface area contributed by atoms with E-state index in [4.69, 9.17) is 4.74 Å². The van der Waals surface area contributed by atoms with Crippen LogP contribution in [0.2, 0.25) is 0 Å². The highest BCUT2D eigenvalue weighted by Crippen LogP contribution is 2.31. The average Bonchev–Trinajstić information content (AvgIpc) is 2.70. The molecule has 1 atom stereocenters. The molecule has 8 nitrogen and oxygen atoms in total. The monoisotopic (exact) mass is 412 g/mol. The average molecular weight is 412 g/mol. The molecule has 0 aliphatic heterocycles. The number of rotatable bonds is 6. The minimum atomic E-state index is -3.63. The molecule has 0 aliphatic rings. The van der Waals surface area contributed by atoms with Crippen molar-refractivity contribution in [1.82, 2.24) is 9.55 Å². The van der Waals surface area contributed by atoms with Crippen LogP contribution in [0, 0.1) is 11.3 Å². The molecule has 0 aliphatic carbocycles. The van der Waals surface area contributed by atoms with Crippen LogP contribution in [-0.2, 0) is 17.1 Å². The Morgan fingerprint density at radius 1 is 1.31 bits per heavy atom. The van der Waals surface area contributed by atoms with Crippen LogP contribution < -0.4 is 15.0 Å². The fourth-order valence-electron chi connectivity index (χ4n) is 2.67. The molecule has 1 aromatic heterocycles. The molecule has 2 aromatic carbocycles. The number of hydrogen-bond donors (Lipinski definition) is 1. The lowest BCUT2D eigenvalue weighted by Crippen LogP contribution is -2.25. The van der Waals surface area contributed by atoms with Crippen LogP contribution >= 0.6 is 0 Å². The highest BCUT2D eigenvalue weighted by atomic mass is 32.2. The molecule has 0 bridgehead atoms. The largest absolute Gasteiger partial charge is 0.456 e. The van der Waals surface area contributed by atoms with E-state index >= 15 is 0 Å². The van der Waals surface area contributed by atoms with Gasteiger partial charge in [-0.15, -0.1) is 0 Å². The Hall–Kier alpha value is -3.38. The predicted octanol–water partition coefficient (Wildman–Crippen LogP) is 3.14. The minimum Gasteiger partial charge on any atom is -0.456 e. The molecule has 9 heteroatoms. The van der Waals surface area contributed by atoms with Gasteiger partial charge in [0, 0.05) is 7.05 Å². The topological polar surface area (TPSA) is 114 Å². The van der Waals surface area contributed by atoms with Gasteiger partial charge in [-0.05, 0) is 43.7 Å². The van der Waals surface area contributed by atoms with Crippen LogP contribution in [-0.4, -0.2) is 23.2 Å². The van der Waals surface area contributed by atoms with Gasteiger partial charge in [0.25, 0.3) is 5.56 Å². The maximum absolute atomic E-state index is 12.4. The molecule has 3 rings (SSSR count). The zero-order chi connectivity index (χ0) is 21.2. The van der Waals surface area contributed by atoms with E-state index in [0.717, 1.165) is 0 Å². The van der Waals surface area contributed by atoms with Gasteiger partial charge < -0.3 is 9.30 Å². The Bertz CT molecular complexity index is 1280. The summed E-state index contributed by atoms with van der Waals surface area (Å²) in [5.74, 6) is 0.512. The van der Waals surface area contributed by atoms with Gasteiger partial charge >= 0.3 is 0 Å². The van der Waals surface area contributed by atoms with Crippen LogP contribution in [0.4, 0.5) is 5.69 Å². The molecular formula is C20H20N4O4S. The van der Waals surface area contributed by atoms with Crippen LogP contribution in [0.25, 0.3) is 10.9 Å². The molecule has 0 saturated carbocycles. The SMILES string of the molecule is CC[C@@H](C)S(=O)(=O)Nc1cccc(Oc2ccc3ncn(C)c(=O)c3c2)c1C#N. The summed E-state index contributed by atoms with van der Waals surface area (Å²) in [4.78, 5) is 16.5. The van der Waals surface area contributed by atoms with Crippen molar-refractivity contribution < 1.29 is 13.2 Å². The summed E-state index contributed by atoms with van der Waals surface area (Å²) < 4.78 is 34.4. The lowest BCUT2D eigenvalue weighted by molar-refractivity contribution is 0.482. The molecule has 0 spiro atoms. The molecule has 150 valence electrons. The summed E-state index contributed by atoms with van der Waals surface area (Å²) in [6, 6.07) is 11.5. The maximum atomic E-state index is 12.4. The van der Waals surface area contributed by atoms with Gasteiger partial charge in [-0.1, -0.05) is 13.0 Å². The molecule has 0 fully saturated rings. The number of ether oxygens (including phenoxy) is 1. The molecule has 0 amide bonds. The Morgan fingerprint density at radius 2 is 2.07 bits per heavy atom. The second kappa shape index (κ2) is 7.93. The van der Waals surface area contributed by atoms with Crippen molar-refractivity contribution in [2.24, 2.45) is 7.05 Å². The van der Waals surface area contributed by atoms with Crippen molar-refractivity contribution >= 4 is 26.6 Å². The molecule has 3 aromatic rings. The van der Waals surface area contributed by atoms with E-state index in [1.54, 1.807) is 51.2 Å². The van der Waals surface area contributed by atoms with Gasteiger partial charge in [-0.25, -0.2) is 13.4 Å². The third-order valence-corrected chi connectivity index (χ3v) is 6.51. The Balaban J connectivity index is 2.00. The number of sulfonamides is 1. The number of anilines is 1. The lowest BCUT2D eigenvalue weighted by atomic mass is 10.2. The first kappa shape index (κ1) is 20.4. The number of nitrogens with one attached hydrogen (secondary N) is 1. The van der Waals surface area contributed by atoms with E-state index in [9.17, 15) is 18.5 Å². The highest BCUT2D eigenvalue weighted by molar-refractivity contribution is 7.93. The third-order valence-electron chi connectivity index (χ3n) is 4.61. The first-order chi connectivity index (χ1) is 13.8. The van der Waals surface area contributed by atoms with Crippen molar-refractivity contribution in [3.8, 4) is 17.6 Å². The van der Waals surface area contributed by atoms with E-state index in [1.807, 2.05) is 6.07 Å². The Kier molecular flexibility index (Phi) is 5.57. The number of fused-ring (bicyclic) bond motifs is 1. The van der Waals surface area contributed by atoms with E-state index in [1.165, 1.54) is 17.0 Å². The standard InChI is InChI=1S/C20H20N4O4S/c1-4-13(2)29(26,27)23-18-6-5-7-19(16(18)11-21)28-14-8-9-17-15(10-14)20(25)24(3)12-22-17/h5-10,12-13,23H,4H2,1-3H3/t13-/m1/s1. The number of aromatic nitrogens is 2. The van der Waals surface area contributed by atoms with E-state index in [0.29, 0.717) is 23.1 Å². The van der Waals surface area contributed by atoms with Crippen LogP contribution in [0.15, 0.2) is 47.5 Å². The number of nitrogens with zero attached hydrogens (tertiary/aromatic N) is 3. The second-order valence-electron chi connectivity index (χ2n) is 6.60. The van der Waals surface area contributed by atoms with E-state index in [2.05, 4.69) is 9.71 Å². The minimum absolute atomic E-state index is 0.0542. The van der Waals surface area contributed by atoms with E-state index < -0.39 is 15.3 Å². The summed E-state index contributed by atoms with van der Waals surface area (Å²) in [6.45, 7) is 3.37. The quantitative estimate of drug-likeness (QED) is 0.665. The zero-order valence-electron chi connectivity index (χ0n) is 16.2. The fourth-order valence-corrected chi connectivity index (χ4v) is 3.79. The van der Waals surface area contributed by atoms with Crippen LogP contribution in [0.5, 0.6) is 11.5 Å². The number of nitriles is 1. The van der Waals surface area contributed by atoms with Crippen LogP contribution in [0.1, 0.15) is 25.8 Å². The van der Waals surface area contributed by atoms with Gasteiger partial charge in [-0.3, -0.25) is 9.52 Å². The van der Waals surface area contributed by atoms with Crippen molar-refractivity contribution in [3.05, 3.63) is 58.6 Å². The lowest BCUT2D eigenvalue weighted by Gasteiger charge is -2.16. The number of benzene rings is 2. The smallest absolute Gasteiger partial charge is 0.261 e. The third kappa shape index (κ3) is 4.07. The Labute approximate surface area is 168 Å². The van der Waals surface area contributed by atoms with Gasteiger partial charge in [0.15, 0.2) is 0 Å². The summed E-state index contributed by atoms with van der Waals surface area (Å²) in [5, 5.41) is 9.36. The van der Waals surface area contributed by atoms with Gasteiger partial charge in [-0.2, -0.15) is 5.26 Å². The Morgan fingerprint density at radius 3 is 2.76 bits per heavy atom. The fraction of sp³-hybridized carbons (Fsp3) is 0.250. The number of hydrogen-bond acceptors (Lipinski definition) is 6. The van der Waals surface area contributed by atoms with Gasteiger partial charge in [0.2, 0.25) is 10.0 Å². The van der Waals surface area contributed by atoms with E-state index in [-0.39, 0.29) is 22.6 Å². The van der Waals surface area contributed by atoms with Crippen molar-refractivity contribution in [2.45, 2.75) is 25.5 Å². The summed E-state index contributed by atoms with van der Waals surface area (Å²) >= 11 is 0. The van der Waals surface area contributed by atoms with Crippen molar-refractivity contribution in [3.63, 3.8) is 0 Å². The number of aryl methyl sites for hydroxylation is 1. The van der Waals surface area contributed by atoms with Crippen molar-refractivity contribution in [2.75, 3.05) is 4.72 Å². The van der Waals surface area contributed by atoms with Crippen LogP contribution in [0.3, 0.4) is 0 Å². The first-order valence-electron chi connectivity index (χ1n) is 8.94. The van der Waals surface area contributed by atoms with Crippen molar-refractivity contribution in [1.29, 1.82) is 5.26 Å². The second-order valence-corrected chi connectivity index (χ2v) is 8.70. The predicted molar refractivity (Wildman–Crippen MR) is 111 cm³/mol. The molecule has 0 saturated heterocycles. The molecule has 1 heterocycles. The molecular weight excluding hydrogens is 392 g/mol. The zero-order valence-corrected chi connectivity index (χ0v) is 17.0. The first-order valence-corrected chi connectivity index (χ1v) is 10.5. The highest BCUT2D eigenvalue weighted by Gasteiger charge is 2.21. The summed E-state index contributed by atoms with van der Waals surface area (Å²) in [5.41, 5.74) is 0.495. The van der Waals surface area contributed by atoms with Gasteiger partial charge in [0.1, 0.15) is 23.1 Å². The maximum Gasteiger partial charge on any atom is 0.261 e. The molecule has 0 radical (unpaired) electrons. The van der Waals surface area contributed by atoms with Gasteiger partial charge in [0.05, 0.1) is 28.2 Å². The molecule has 0 unspecified atom stereocenters. The normalized spacial score (nSPS) is 12.3. The summed E-state index contributed by atoms with van der Waals surface area (Å²) in [7, 11) is -2.03.